The van der Waals surface area contributed by atoms with Crippen LogP contribution in [0.3, 0.4) is 0 Å². The van der Waals surface area contributed by atoms with E-state index in [4.69, 9.17) is 11.6 Å². The maximum Gasteiger partial charge on any atom is 0.126 e. The largest absolute Gasteiger partial charge is 0.381 e. The van der Waals surface area contributed by atoms with E-state index in [2.05, 4.69) is 27.3 Å². The molecule has 0 saturated heterocycles. The van der Waals surface area contributed by atoms with Crippen molar-refractivity contribution in [1.29, 1.82) is 0 Å². The molecule has 0 aliphatic heterocycles. The third kappa shape index (κ3) is 3.47. The second-order valence-electron chi connectivity index (χ2n) is 4.10. The van der Waals surface area contributed by atoms with Gasteiger partial charge in [-0.15, -0.1) is 0 Å². The summed E-state index contributed by atoms with van der Waals surface area (Å²) < 4.78 is 14.2. The van der Waals surface area contributed by atoms with Crippen molar-refractivity contribution in [2.75, 3.05) is 5.32 Å². The summed E-state index contributed by atoms with van der Waals surface area (Å²) in [7, 11) is 0. The van der Waals surface area contributed by atoms with Crippen molar-refractivity contribution in [3.8, 4) is 0 Å². The van der Waals surface area contributed by atoms with Crippen LogP contribution in [0, 0.1) is 12.7 Å². The molecule has 0 saturated carbocycles. The van der Waals surface area contributed by atoms with Crippen LogP contribution in [0.25, 0.3) is 0 Å². The van der Waals surface area contributed by atoms with Crippen LogP contribution in [0.2, 0.25) is 5.02 Å². The Morgan fingerprint density at radius 1 is 1.22 bits per heavy atom. The van der Waals surface area contributed by atoms with Gasteiger partial charge in [-0.3, -0.25) is 0 Å². The Bertz CT molecular complexity index is 551. The lowest BCUT2D eigenvalue weighted by Gasteiger charge is -2.08. The number of halogens is 3. The van der Waals surface area contributed by atoms with E-state index < -0.39 is 0 Å². The van der Waals surface area contributed by atoms with Gasteiger partial charge in [0, 0.05) is 21.7 Å². The monoisotopic (exact) mass is 327 g/mol. The van der Waals surface area contributed by atoms with Crippen molar-refractivity contribution >= 4 is 33.2 Å². The van der Waals surface area contributed by atoms with Crippen LogP contribution in [0.1, 0.15) is 11.1 Å². The van der Waals surface area contributed by atoms with Crippen LogP contribution >= 0.6 is 27.5 Å². The molecule has 94 valence electrons. The van der Waals surface area contributed by atoms with Crippen molar-refractivity contribution < 1.29 is 4.39 Å². The summed E-state index contributed by atoms with van der Waals surface area (Å²) in [6.45, 7) is 2.67. The van der Waals surface area contributed by atoms with E-state index >= 15 is 0 Å². The first-order chi connectivity index (χ1) is 8.54. The molecule has 0 spiro atoms. The number of anilines is 1. The maximum absolute atomic E-state index is 13.1. The summed E-state index contributed by atoms with van der Waals surface area (Å²) in [4.78, 5) is 0. The van der Waals surface area contributed by atoms with Crippen LogP contribution in [0.5, 0.6) is 0 Å². The van der Waals surface area contributed by atoms with E-state index in [-0.39, 0.29) is 5.82 Å². The van der Waals surface area contributed by atoms with E-state index in [1.807, 2.05) is 19.1 Å². The molecule has 0 aromatic heterocycles. The van der Waals surface area contributed by atoms with E-state index in [1.54, 1.807) is 6.07 Å². The van der Waals surface area contributed by atoms with Crippen molar-refractivity contribution in [3.05, 3.63) is 62.8 Å². The quantitative estimate of drug-likeness (QED) is 0.820. The average Bonchev–Trinajstić information content (AvgIpc) is 2.29. The highest BCUT2D eigenvalue weighted by Gasteiger charge is 2.01. The molecule has 18 heavy (non-hydrogen) atoms. The van der Waals surface area contributed by atoms with Gasteiger partial charge >= 0.3 is 0 Å². The zero-order valence-corrected chi connectivity index (χ0v) is 12.1. The molecule has 0 radical (unpaired) electrons. The van der Waals surface area contributed by atoms with Crippen molar-refractivity contribution in [2.45, 2.75) is 13.5 Å². The fourth-order valence-corrected chi connectivity index (χ4v) is 2.15. The molecule has 0 bridgehead atoms. The van der Waals surface area contributed by atoms with Gasteiger partial charge in [0.2, 0.25) is 0 Å². The molecule has 0 fully saturated rings. The average molecular weight is 329 g/mol. The Morgan fingerprint density at radius 2 is 2.00 bits per heavy atom. The Kier molecular flexibility index (Phi) is 4.25. The van der Waals surface area contributed by atoms with Crippen molar-refractivity contribution in [3.63, 3.8) is 0 Å². The zero-order valence-electron chi connectivity index (χ0n) is 9.81. The third-order valence-electron chi connectivity index (χ3n) is 2.58. The highest BCUT2D eigenvalue weighted by molar-refractivity contribution is 9.10. The molecule has 0 aliphatic rings. The first-order valence-corrected chi connectivity index (χ1v) is 6.67. The summed E-state index contributed by atoms with van der Waals surface area (Å²) in [5, 5.41) is 3.54. The second-order valence-corrected chi connectivity index (χ2v) is 5.39. The van der Waals surface area contributed by atoms with Crippen molar-refractivity contribution in [1.82, 2.24) is 0 Å². The SMILES string of the molecule is Cc1cc(CNc2cc(F)cc(Cl)c2)ccc1Br. The zero-order chi connectivity index (χ0) is 13.1. The molecule has 4 heteroatoms. The Labute approximate surface area is 119 Å². The van der Waals surface area contributed by atoms with Crippen molar-refractivity contribution in [2.24, 2.45) is 0 Å². The maximum atomic E-state index is 13.1. The van der Waals surface area contributed by atoms with Gasteiger partial charge in [0.05, 0.1) is 0 Å². The summed E-state index contributed by atoms with van der Waals surface area (Å²) in [5.74, 6) is -0.336. The van der Waals surface area contributed by atoms with E-state index in [1.165, 1.54) is 17.7 Å². The summed E-state index contributed by atoms with van der Waals surface area (Å²) in [6, 6.07) is 10.5. The Balaban J connectivity index is 2.08. The molecule has 0 unspecified atom stereocenters. The molecule has 1 nitrogen and oxygen atoms in total. The van der Waals surface area contributed by atoms with E-state index in [0.29, 0.717) is 17.3 Å². The van der Waals surface area contributed by atoms with Crippen LogP contribution in [0.15, 0.2) is 40.9 Å². The van der Waals surface area contributed by atoms with Gasteiger partial charge < -0.3 is 5.32 Å². The van der Waals surface area contributed by atoms with E-state index in [9.17, 15) is 4.39 Å². The molecular weight excluding hydrogens is 317 g/mol. The smallest absolute Gasteiger partial charge is 0.126 e. The summed E-state index contributed by atoms with van der Waals surface area (Å²) in [6.07, 6.45) is 0. The number of nitrogens with one attached hydrogen (secondary N) is 1. The van der Waals surface area contributed by atoms with Crippen LogP contribution in [-0.4, -0.2) is 0 Å². The fourth-order valence-electron chi connectivity index (χ4n) is 1.68. The highest BCUT2D eigenvalue weighted by Crippen LogP contribution is 2.20. The van der Waals surface area contributed by atoms with Gasteiger partial charge in [0.15, 0.2) is 0 Å². The number of hydrogen-bond donors (Lipinski definition) is 1. The molecule has 0 amide bonds. The Hall–Kier alpha value is -1.06. The molecule has 2 aromatic carbocycles. The highest BCUT2D eigenvalue weighted by atomic mass is 79.9. The normalized spacial score (nSPS) is 10.4. The Morgan fingerprint density at radius 3 is 2.67 bits per heavy atom. The third-order valence-corrected chi connectivity index (χ3v) is 3.69. The first kappa shape index (κ1) is 13.4. The second kappa shape index (κ2) is 5.72. The lowest BCUT2D eigenvalue weighted by Crippen LogP contribution is -2.00. The molecule has 2 aromatic rings. The van der Waals surface area contributed by atoms with E-state index in [0.717, 1.165) is 10.0 Å². The number of aryl methyl sites for hydroxylation is 1. The molecule has 2 rings (SSSR count). The molecule has 0 aliphatic carbocycles. The minimum absolute atomic E-state index is 0.336. The summed E-state index contributed by atoms with van der Waals surface area (Å²) in [5.41, 5.74) is 2.99. The molecule has 1 N–H and O–H groups in total. The minimum atomic E-state index is -0.336. The molecule has 0 atom stereocenters. The predicted molar refractivity (Wildman–Crippen MR) is 77.6 cm³/mol. The summed E-state index contributed by atoms with van der Waals surface area (Å²) >= 11 is 9.25. The molecular formula is C14H12BrClFN. The van der Waals surface area contributed by atoms with Gasteiger partial charge in [-0.2, -0.15) is 0 Å². The van der Waals surface area contributed by atoms with Crippen LogP contribution in [0.4, 0.5) is 10.1 Å². The predicted octanol–water partition coefficient (Wildman–Crippen LogP) is 5.16. The van der Waals surface area contributed by atoms with Crippen LogP contribution in [-0.2, 0) is 6.54 Å². The first-order valence-electron chi connectivity index (χ1n) is 5.49. The fraction of sp³-hybridized carbons (Fsp3) is 0.143. The van der Waals surface area contributed by atoms with Crippen LogP contribution < -0.4 is 5.32 Å². The lowest BCUT2D eigenvalue weighted by molar-refractivity contribution is 0.628. The van der Waals surface area contributed by atoms with Gasteiger partial charge in [0.25, 0.3) is 0 Å². The van der Waals surface area contributed by atoms with Gasteiger partial charge in [-0.25, -0.2) is 4.39 Å². The molecule has 0 heterocycles. The lowest BCUT2D eigenvalue weighted by atomic mass is 10.1. The minimum Gasteiger partial charge on any atom is -0.381 e. The number of benzene rings is 2. The standard InChI is InChI=1S/C14H12BrClFN/c1-9-4-10(2-3-14(9)15)8-18-13-6-11(16)5-12(17)7-13/h2-7,18H,8H2,1H3. The number of hydrogen-bond acceptors (Lipinski definition) is 1. The topological polar surface area (TPSA) is 12.0 Å². The van der Waals surface area contributed by atoms with Gasteiger partial charge in [-0.05, 0) is 42.3 Å². The van der Waals surface area contributed by atoms with Gasteiger partial charge in [0.1, 0.15) is 5.82 Å². The van der Waals surface area contributed by atoms with Gasteiger partial charge in [-0.1, -0.05) is 39.7 Å². The number of rotatable bonds is 3.